The van der Waals surface area contributed by atoms with E-state index in [4.69, 9.17) is 5.11 Å². The third-order valence-electron chi connectivity index (χ3n) is 2.11. The lowest BCUT2D eigenvalue weighted by Crippen LogP contribution is -2.33. The summed E-state index contributed by atoms with van der Waals surface area (Å²) >= 11 is 0. The Morgan fingerprint density at radius 2 is 1.94 bits per heavy atom. The molecule has 6 heteroatoms. The SMILES string of the molecule is CC(C)Nc1ncc(CN[C@H](C)C(=O)O)cn1. The van der Waals surface area contributed by atoms with Crippen molar-refractivity contribution in [3.05, 3.63) is 18.0 Å². The first-order valence-electron chi connectivity index (χ1n) is 5.52. The molecule has 0 bridgehead atoms. The molecule has 1 aromatic rings. The van der Waals surface area contributed by atoms with E-state index in [1.165, 1.54) is 0 Å². The maximum absolute atomic E-state index is 10.6. The molecule has 0 aromatic carbocycles. The van der Waals surface area contributed by atoms with Crippen LogP contribution >= 0.6 is 0 Å². The number of nitrogens with one attached hydrogen (secondary N) is 2. The minimum atomic E-state index is -0.871. The van der Waals surface area contributed by atoms with Crippen molar-refractivity contribution >= 4 is 11.9 Å². The zero-order chi connectivity index (χ0) is 12.8. The van der Waals surface area contributed by atoms with Gasteiger partial charge in [0, 0.05) is 30.5 Å². The number of aliphatic carboxylic acids is 1. The third kappa shape index (κ3) is 4.78. The lowest BCUT2D eigenvalue weighted by molar-refractivity contribution is -0.139. The summed E-state index contributed by atoms with van der Waals surface area (Å²) in [6.45, 7) is 6.05. The molecule has 0 aliphatic heterocycles. The predicted octanol–water partition coefficient (Wildman–Crippen LogP) is 0.860. The van der Waals surface area contributed by atoms with Gasteiger partial charge in [-0.2, -0.15) is 0 Å². The van der Waals surface area contributed by atoms with Gasteiger partial charge in [-0.05, 0) is 20.8 Å². The molecule has 1 aromatic heterocycles. The Bertz CT molecular complexity index is 364. The van der Waals surface area contributed by atoms with Crippen LogP contribution in [-0.2, 0) is 11.3 Å². The van der Waals surface area contributed by atoms with Crippen molar-refractivity contribution in [1.82, 2.24) is 15.3 Å². The van der Waals surface area contributed by atoms with Crippen LogP contribution in [0.15, 0.2) is 12.4 Å². The molecule has 1 heterocycles. The highest BCUT2D eigenvalue weighted by atomic mass is 16.4. The first kappa shape index (κ1) is 13.4. The fraction of sp³-hybridized carbons (Fsp3) is 0.545. The zero-order valence-electron chi connectivity index (χ0n) is 10.3. The van der Waals surface area contributed by atoms with Crippen LogP contribution in [0.25, 0.3) is 0 Å². The molecule has 0 saturated carbocycles. The summed E-state index contributed by atoms with van der Waals surface area (Å²) in [5, 5.41) is 14.6. The van der Waals surface area contributed by atoms with Crippen LogP contribution in [0.4, 0.5) is 5.95 Å². The molecule has 94 valence electrons. The lowest BCUT2D eigenvalue weighted by atomic mass is 10.3. The van der Waals surface area contributed by atoms with E-state index < -0.39 is 12.0 Å². The van der Waals surface area contributed by atoms with Gasteiger partial charge in [0.1, 0.15) is 6.04 Å². The van der Waals surface area contributed by atoms with Gasteiger partial charge in [0.05, 0.1) is 0 Å². The predicted molar refractivity (Wildman–Crippen MR) is 64.7 cm³/mol. The van der Waals surface area contributed by atoms with Crippen LogP contribution in [-0.4, -0.2) is 33.1 Å². The molecule has 0 fully saturated rings. The molecule has 1 rings (SSSR count). The summed E-state index contributed by atoms with van der Waals surface area (Å²) in [5.74, 6) is -0.293. The second-order valence-corrected chi connectivity index (χ2v) is 4.15. The largest absolute Gasteiger partial charge is 0.480 e. The quantitative estimate of drug-likeness (QED) is 0.681. The molecule has 0 spiro atoms. The first-order chi connectivity index (χ1) is 7.99. The van der Waals surface area contributed by atoms with Crippen LogP contribution < -0.4 is 10.6 Å². The van der Waals surface area contributed by atoms with Crippen LogP contribution in [0.5, 0.6) is 0 Å². The Morgan fingerprint density at radius 3 is 2.41 bits per heavy atom. The van der Waals surface area contributed by atoms with Crippen molar-refractivity contribution in [3.63, 3.8) is 0 Å². The van der Waals surface area contributed by atoms with E-state index in [1.807, 2.05) is 13.8 Å². The number of carboxylic acid groups (broad SMARTS) is 1. The maximum Gasteiger partial charge on any atom is 0.320 e. The number of aromatic nitrogens is 2. The minimum Gasteiger partial charge on any atom is -0.480 e. The van der Waals surface area contributed by atoms with Gasteiger partial charge in [-0.3, -0.25) is 4.79 Å². The Kier molecular flexibility index (Phi) is 4.84. The van der Waals surface area contributed by atoms with Crippen LogP contribution in [0.2, 0.25) is 0 Å². The highest BCUT2D eigenvalue weighted by molar-refractivity contribution is 5.72. The van der Waals surface area contributed by atoms with E-state index in [-0.39, 0.29) is 6.04 Å². The van der Waals surface area contributed by atoms with E-state index in [0.717, 1.165) is 5.56 Å². The molecule has 0 saturated heterocycles. The van der Waals surface area contributed by atoms with E-state index in [1.54, 1.807) is 19.3 Å². The third-order valence-corrected chi connectivity index (χ3v) is 2.11. The Hall–Kier alpha value is -1.69. The minimum absolute atomic E-state index is 0.283. The van der Waals surface area contributed by atoms with Crippen molar-refractivity contribution in [2.45, 2.75) is 39.4 Å². The number of carbonyl (C=O) groups is 1. The summed E-state index contributed by atoms with van der Waals surface area (Å²) in [5.41, 5.74) is 0.854. The Balaban J connectivity index is 2.48. The summed E-state index contributed by atoms with van der Waals surface area (Å²) < 4.78 is 0. The molecule has 0 aliphatic carbocycles. The van der Waals surface area contributed by atoms with Crippen molar-refractivity contribution in [1.29, 1.82) is 0 Å². The summed E-state index contributed by atoms with van der Waals surface area (Å²) in [6.07, 6.45) is 3.36. The van der Waals surface area contributed by atoms with Gasteiger partial charge < -0.3 is 15.7 Å². The monoisotopic (exact) mass is 238 g/mol. The number of carboxylic acids is 1. The first-order valence-corrected chi connectivity index (χ1v) is 5.52. The molecule has 0 amide bonds. The second kappa shape index (κ2) is 6.15. The zero-order valence-corrected chi connectivity index (χ0v) is 10.3. The number of hydrogen-bond acceptors (Lipinski definition) is 5. The van der Waals surface area contributed by atoms with Crippen molar-refractivity contribution < 1.29 is 9.90 Å². The fourth-order valence-corrected chi connectivity index (χ4v) is 1.14. The van der Waals surface area contributed by atoms with Gasteiger partial charge in [-0.25, -0.2) is 9.97 Å². The molecular weight excluding hydrogens is 220 g/mol. The number of rotatable bonds is 6. The van der Waals surface area contributed by atoms with Gasteiger partial charge >= 0.3 is 5.97 Å². The lowest BCUT2D eigenvalue weighted by Gasteiger charge is -2.10. The average molecular weight is 238 g/mol. The number of nitrogens with zero attached hydrogens (tertiary/aromatic N) is 2. The highest BCUT2D eigenvalue weighted by Crippen LogP contribution is 2.02. The average Bonchev–Trinajstić information content (AvgIpc) is 2.26. The molecule has 17 heavy (non-hydrogen) atoms. The molecule has 3 N–H and O–H groups in total. The standard InChI is InChI=1S/C11H18N4O2/c1-7(2)15-11-13-5-9(6-14-11)4-12-8(3)10(16)17/h5-8,12H,4H2,1-3H3,(H,16,17)(H,13,14,15)/t8-/m1/s1. The molecule has 0 unspecified atom stereocenters. The molecule has 0 aliphatic rings. The van der Waals surface area contributed by atoms with Crippen LogP contribution in [0, 0.1) is 0 Å². The van der Waals surface area contributed by atoms with Gasteiger partial charge in [0.15, 0.2) is 0 Å². The highest BCUT2D eigenvalue weighted by Gasteiger charge is 2.09. The fourth-order valence-electron chi connectivity index (χ4n) is 1.14. The van der Waals surface area contributed by atoms with Crippen molar-refractivity contribution in [3.8, 4) is 0 Å². The van der Waals surface area contributed by atoms with Gasteiger partial charge in [0.25, 0.3) is 0 Å². The molecular formula is C11H18N4O2. The van der Waals surface area contributed by atoms with Crippen LogP contribution in [0.3, 0.4) is 0 Å². The number of anilines is 1. The van der Waals surface area contributed by atoms with Gasteiger partial charge in [0.2, 0.25) is 5.95 Å². The smallest absolute Gasteiger partial charge is 0.320 e. The topological polar surface area (TPSA) is 87.1 Å². The second-order valence-electron chi connectivity index (χ2n) is 4.15. The van der Waals surface area contributed by atoms with E-state index in [0.29, 0.717) is 12.5 Å². The summed E-state index contributed by atoms with van der Waals surface area (Å²) in [6, 6.07) is -0.297. The summed E-state index contributed by atoms with van der Waals surface area (Å²) in [4.78, 5) is 18.9. The molecule has 0 radical (unpaired) electrons. The van der Waals surface area contributed by atoms with Gasteiger partial charge in [-0.1, -0.05) is 0 Å². The Morgan fingerprint density at radius 1 is 1.35 bits per heavy atom. The van der Waals surface area contributed by atoms with Crippen molar-refractivity contribution in [2.24, 2.45) is 0 Å². The summed E-state index contributed by atoms with van der Waals surface area (Å²) in [7, 11) is 0. The number of hydrogen-bond donors (Lipinski definition) is 3. The van der Waals surface area contributed by atoms with Crippen molar-refractivity contribution in [2.75, 3.05) is 5.32 Å². The van der Waals surface area contributed by atoms with E-state index >= 15 is 0 Å². The van der Waals surface area contributed by atoms with E-state index in [9.17, 15) is 4.79 Å². The van der Waals surface area contributed by atoms with E-state index in [2.05, 4.69) is 20.6 Å². The Labute approximate surface area is 100 Å². The molecule has 6 nitrogen and oxygen atoms in total. The van der Waals surface area contributed by atoms with Crippen LogP contribution in [0.1, 0.15) is 26.3 Å². The molecule has 1 atom stereocenters. The van der Waals surface area contributed by atoms with Gasteiger partial charge in [-0.15, -0.1) is 0 Å². The normalized spacial score (nSPS) is 12.5. The maximum atomic E-state index is 10.6.